The van der Waals surface area contributed by atoms with E-state index >= 15 is 0 Å². The van der Waals surface area contributed by atoms with Gasteiger partial charge in [0, 0.05) is 46.0 Å². The largest absolute Gasteiger partial charge is 0.464 e. The summed E-state index contributed by atoms with van der Waals surface area (Å²) in [6.45, 7) is 7.52. The van der Waals surface area contributed by atoms with Gasteiger partial charge in [-0.15, -0.1) is 0 Å². The molecule has 0 unspecified atom stereocenters. The van der Waals surface area contributed by atoms with Crippen LogP contribution in [-0.2, 0) is 17.9 Å². The van der Waals surface area contributed by atoms with Crippen LogP contribution in [0.15, 0.2) is 40.9 Å². The first-order chi connectivity index (χ1) is 12.1. The van der Waals surface area contributed by atoms with Crippen molar-refractivity contribution >= 4 is 5.91 Å². The Hall–Kier alpha value is -2.18. The molecule has 0 atom stereocenters. The quantitative estimate of drug-likeness (QED) is 0.801. The molecule has 1 aliphatic rings. The van der Waals surface area contributed by atoms with Gasteiger partial charge in [-0.1, -0.05) is 6.07 Å². The fourth-order valence-electron chi connectivity index (χ4n) is 3.03. The van der Waals surface area contributed by atoms with Gasteiger partial charge in [0.15, 0.2) is 0 Å². The van der Waals surface area contributed by atoms with Crippen LogP contribution < -0.4 is 0 Å². The van der Waals surface area contributed by atoms with E-state index in [9.17, 15) is 4.79 Å². The number of carbonyl (C=O) groups is 1. The molecule has 6 nitrogen and oxygen atoms in total. The lowest BCUT2D eigenvalue weighted by Crippen LogP contribution is -2.49. The third-order valence-electron chi connectivity index (χ3n) is 4.55. The van der Waals surface area contributed by atoms with Gasteiger partial charge >= 0.3 is 0 Å². The number of likely N-dealkylation sites (N-methyl/N-ethyl adjacent to an activating group) is 1. The second-order valence-corrected chi connectivity index (χ2v) is 6.64. The van der Waals surface area contributed by atoms with Crippen molar-refractivity contribution in [3.63, 3.8) is 0 Å². The summed E-state index contributed by atoms with van der Waals surface area (Å²) in [6.07, 6.45) is 1.83. The second-order valence-electron chi connectivity index (χ2n) is 6.64. The van der Waals surface area contributed by atoms with E-state index in [1.54, 1.807) is 4.90 Å². The Balaban J connectivity index is 1.41. The molecule has 2 aromatic rings. The highest BCUT2D eigenvalue weighted by Gasteiger charge is 2.21. The van der Waals surface area contributed by atoms with Gasteiger partial charge in [0.05, 0.1) is 18.8 Å². The molecule has 134 valence electrons. The number of furan rings is 1. The average molecular weight is 342 g/mol. The van der Waals surface area contributed by atoms with Crippen LogP contribution >= 0.6 is 0 Å². The van der Waals surface area contributed by atoms with Gasteiger partial charge in [0.2, 0.25) is 5.91 Å². The standard InChI is InChI=1S/C19H26N4O2/c1-16-6-7-18(25-16)14-21(2)19(24)15-23-11-9-22(10-12-23)13-17-5-3-4-8-20-17/h3-8H,9-15H2,1-2H3. The molecule has 1 fully saturated rings. The molecule has 1 saturated heterocycles. The average Bonchev–Trinajstić information content (AvgIpc) is 3.02. The summed E-state index contributed by atoms with van der Waals surface area (Å²) in [7, 11) is 1.83. The van der Waals surface area contributed by atoms with Crippen LogP contribution in [0, 0.1) is 6.92 Å². The third kappa shape index (κ3) is 5.14. The molecule has 0 spiro atoms. The minimum Gasteiger partial charge on any atom is -0.464 e. The zero-order chi connectivity index (χ0) is 17.6. The molecule has 1 amide bonds. The summed E-state index contributed by atoms with van der Waals surface area (Å²) in [6, 6.07) is 9.87. The van der Waals surface area contributed by atoms with Crippen molar-refractivity contribution < 1.29 is 9.21 Å². The minimum atomic E-state index is 0.132. The summed E-state index contributed by atoms with van der Waals surface area (Å²) in [5, 5.41) is 0. The van der Waals surface area contributed by atoms with Gasteiger partial charge in [-0.25, -0.2) is 0 Å². The molecule has 25 heavy (non-hydrogen) atoms. The molecule has 0 saturated carbocycles. The number of piperazine rings is 1. The maximum absolute atomic E-state index is 12.4. The van der Waals surface area contributed by atoms with E-state index in [2.05, 4.69) is 20.9 Å². The van der Waals surface area contributed by atoms with Crippen molar-refractivity contribution in [1.82, 2.24) is 19.7 Å². The maximum Gasteiger partial charge on any atom is 0.236 e. The first-order valence-electron chi connectivity index (χ1n) is 8.74. The molecule has 3 heterocycles. The Morgan fingerprint density at radius 2 is 1.92 bits per heavy atom. The van der Waals surface area contributed by atoms with Gasteiger partial charge in [0.25, 0.3) is 0 Å². The lowest BCUT2D eigenvalue weighted by Gasteiger charge is -2.34. The van der Waals surface area contributed by atoms with Crippen LogP contribution in [0.25, 0.3) is 0 Å². The monoisotopic (exact) mass is 342 g/mol. The molecule has 0 N–H and O–H groups in total. The fraction of sp³-hybridized carbons (Fsp3) is 0.474. The highest BCUT2D eigenvalue weighted by atomic mass is 16.3. The summed E-state index contributed by atoms with van der Waals surface area (Å²) < 4.78 is 5.54. The lowest BCUT2D eigenvalue weighted by atomic mass is 10.2. The van der Waals surface area contributed by atoms with Crippen LogP contribution in [-0.4, -0.2) is 65.4 Å². The second kappa shape index (κ2) is 8.27. The van der Waals surface area contributed by atoms with E-state index in [1.165, 1.54) is 0 Å². The molecule has 0 radical (unpaired) electrons. The molecule has 6 heteroatoms. The van der Waals surface area contributed by atoms with Crippen LogP contribution in [0.1, 0.15) is 17.2 Å². The predicted octanol–water partition coefficient (Wildman–Crippen LogP) is 1.76. The van der Waals surface area contributed by atoms with E-state index in [4.69, 9.17) is 4.42 Å². The zero-order valence-electron chi connectivity index (χ0n) is 15.0. The Labute approximate surface area is 149 Å². The highest BCUT2D eigenvalue weighted by Crippen LogP contribution is 2.10. The molecule has 1 aliphatic heterocycles. The van der Waals surface area contributed by atoms with Gasteiger partial charge < -0.3 is 9.32 Å². The number of amides is 1. The highest BCUT2D eigenvalue weighted by molar-refractivity contribution is 5.77. The molecule has 0 aliphatic carbocycles. The Bertz CT molecular complexity index is 678. The predicted molar refractivity (Wildman–Crippen MR) is 95.9 cm³/mol. The smallest absolute Gasteiger partial charge is 0.236 e. The summed E-state index contributed by atoms with van der Waals surface area (Å²) in [5.41, 5.74) is 1.10. The van der Waals surface area contributed by atoms with E-state index in [0.29, 0.717) is 13.1 Å². The number of aromatic nitrogens is 1. The molecule has 0 aromatic carbocycles. The zero-order valence-corrected chi connectivity index (χ0v) is 15.0. The van der Waals surface area contributed by atoms with Gasteiger partial charge in [-0.05, 0) is 31.2 Å². The molecular formula is C19H26N4O2. The number of nitrogens with zero attached hydrogens (tertiary/aromatic N) is 4. The van der Waals surface area contributed by atoms with Crippen LogP contribution in [0.4, 0.5) is 0 Å². The number of hydrogen-bond acceptors (Lipinski definition) is 5. The van der Waals surface area contributed by atoms with Crippen molar-refractivity contribution in [2.75, 3.05) is 39.8 Å². The minimum absolute atomic E-state index is 0.132. The Morgan fingerprint density at radius 1 is 1.16 bits per heavy atom. The molecular weight excluding hydrogens is 316 g/mol. The van der Waals surface area contributed by atoms with E-state index in [-0.39, 0.29) is 5.91 Å². The first kappa shape index (κ1) is 17.6. The van der Waals surface area contributed by atoms with E-state index < -0.39 is 0 Å². The summed E-state index contributed by atoms with van der Waals surface area (Å²) >= 11 is 0. The normalized spacial score (nSPS) is 16.1. The molecule has 2 aromatic heterocycles. The van der Waals surface area contributed by atoms with Crippen molar-refractivity contribution in [3.05, 3.63) is 53.7 Å². The van der Waals surface area contributed by atoms with Crippen LogP contribution in [0.2, 0.25) is 0 Å². The number of pyridine rings is 1. The van der Waals surface area contributed by atoms with Crippen molar-refractivity contribution in [1.29, 1.82) is 0 Å². The number of rotatable bonds is 6. The van der Waals surface area contributed by atoms with Gasteiger partial charge in [0.1, 0.15) is 11.5 Å². The topological polar surface area (TPSA) is 52.8 Å². The van der Waals surface area contributed by atoms with Crippen molar-refractivity contribution in [3.8, 4) is 0 Å². The first-order valence-corrected chi connectivity index (χ1v) is 8.74. The Morgan fingerprint density at radius 3 is 2.56 bits per heavy atom. The molecule has 3 rings (SSSR count). The number of aryl methyl sites for hydroxylation is 1. The fourth-order valence-corrected chi connectivity index (χ4v) is 3.03. The van der Waals surface area contributed by atoms with Crippen molar-refractivity contribution in [2.24, 2.45) is 0 Å². The van der Waals surface area contributed by atoms with Crippen molar-refractivity contribution in [2.45, 2.75) is 20.0 Å². The lowest BCUT2D eigenvalue weighted by molar-refractivity contribution is -0.132. The number of carbonyl (C=O) groups excluding carboxylic acids is 1. The summed E-state index contributed by atoms with van der Waals surface area (Å²) in [4.78, 5) is 23.1. The van der Waals surface area contributed by atoms with E-state index in [0.717, 1.165) is 49.9 Å². The van der Waals surface area contributed by atoms with Gasteiger partial charge in [-0.3, -0.25) is 19.6 Å². The van der Waals surface area contributed by atoms with Crippen LogP contribution in [0.5, 0.6) is 0 Å². The number of hydrogen-bond donors (Lipinski definition) is 0. The van der Waals surface area contributed by atoms with E-state index in [1.807, 2.05) is 44.4 Å². The van der Waals surface area contributed by atoms with Gasteiger partial charge in [-0.2, -0.15) is 0 Å². The SMILES string of the molecule is Cc1ccc(CN(C)C(=O)CN2CCN(Cc3ccccn3)CC2)o1. The molecule has 0 bridgehead atoms. The van der Waals surface area contributed by atoms with Crippen LogP contribution in [0.3, 0.4) is 0 Å². The summed E-state index contributed by atoms with van der Waals surface area (Å²) in [5.74, 6) is 1.83. The Kier molecular flexibility index (Phi) is 5.83. The third-order valence-corrected chi connectivity index (χ3v) is 4.55. The maximum atomic E-state index is 12.4.